The number of halogens is 1. The van der Waals surface area contributed by atoms with Crippen LogP contribution in [0.25, 0.3) is 5.57 Å². The standard InChI is InChI=1S/C32H34ClN3O4/c1-22(24-11-15-28(33)16-12-24)35-32(40)36(29-17-13-26(14-18-29)25-5-3-2-4-6-25)21-23-7-9-27(10-8-23)31(39)34-20-19-30(37)38/h5,7-18,22H,2-4,6,19-21H2,1H3,(H,34,39)(H,35,40)(H,37,38). The average molecular weight is 560 g/mol. The van der Waals surface area contributed by atoms with Crippen molar-refractivity contribution in [2.24, 2.45) is 0 Å². The quantitative estimate of drug-likeness (QED) is 0.249. The van der Waals surface area contributed by atoms with Crippen LogP contribution in [0, 0.1) is 0 Å². The van der Waals surface area contributed by atoms with Gasteiger partial charge in [0.1, 0.15) is 0 Å². The molecule has 3 aromatic rings. The van der Waals surface area contributed by atoms with Crippen LogP contribution in [0.3, 0.4) is 0 Å². The third-order valence-corrected chi connectivity index (χ3v) is 7.23. The highest BCUT2D eigenvalue weighted by molar-refractivity contribution is 6.30. The van der Waals surface area contributed by atoms with Gasteiger partial charge in [-0.05, 0) is 91.3 Å². The maximum absolute atomic E-state index is 13.6. The van der Waals surface area contributed by atoms with Crippen molar-refractivity contribution in [3.8, 4) is 0 Å². The molecule has 1 aliphatic carbocycles. The third-order valence-electron chi connectivity index (χ3n) is 6.98. The van der Waals surface area contributed by atoms with Crippen molar-refractivity contribution >= 4 is 40.8 Å². The summed E-state index contributed by atoms with van der Waals surface area (Å²) < 4.78 is 0. The molecule has 208 valence electrons. The molecule has 0 spiro atoms. The number of amides is 3. The molecule has 0 saturated carbocycles. The van der Waals surface area contributed by atoms with Gasteiger partial charge in [-0.15, -0.1) is 0 Å². The zero-order valence-electron chi connectivity index (χ0n) is 22.5. The van der Waals surface area contributed by atoms with E-state index >= 15 is 0 Å². The van der Waals surface area contributed by atoms with E-state index in [0.717, 1.165) is 29.7 Å². The van der Waals surface area contributed by atoms with Crippen LogP contribution >= 0.6 is 11.6 Å². The molecular weight excluding hydrogens is 526 g/mol. The molecular formula is C32H34ClN3O4. The van der Waals surface area contributed by atoms with E-state index in [4.69, 9.17) is 16.7 Å². The summed E-state index contributed by atoms with van der Waals surface area (Å²) in [6.07, 6.45) is 6.75. The Kier molecular flexibility index (Phi) is 9.97. The summed E-state index contributed by atoms with van der Waals surface area (Å²) in [5.74, 6) is -1.31. The summed E-state index contributed by atoms with van der Waals surface area (Å²) in [7, 11) is 0. The topological polar surface area (TPSA) is 98.7 Å². The summed E-state index contributed by atoms with van der Waals surface area (Å²) in [6.45, 7) is 2.28. The molecule has 1 unspecified atom stereocenters. The molecule has 4 rings (SSSR count). The van der Waals surface area contributed by atoms with Gasteiger partial charge in [-0.1, -0.05) is 54.1 Å². The first-order valence-electron chi connectivity index (χ1n) is 13.5. The second-order valence-electron chi connectivity index (χ2n) is 9.93. The number of carbonyl (C=O) groups is 3. The number of hydrogen-bond acceptors (Lipinski definition) is 3. The predicted octanol–water partition coefficient (Wildman–Crippen LogP) is 6.98. The van der Waals surface area contributed by atoms with Crippen LogP contribution in [0.15, 0.2) is 78.9 Å². The molecule has 0 fully saturated rings. The Balaban J connectivity index is 1.52. The first-order valence-corrected chi connectivity index (χ1v) is 13.9. The number of hydrogen-bond donors (Lipinski definition) is 3. The van der Waals surface area contributed by atoms with Crippen molar-refractivity contribution in [3.05, 3.63) is 106 Å². The van der Waals surface area contributed by atoms with Crippen molar-refractivity contribution in [1.82, 2.24) is 10.6 Å². The van der Waals surface area contributed by atoms with Gasteiger partial charge >= 0.3 is 12.0 Å². The Morgan fingerprint density at radius 3 is 2.27 bits per heavy atom. The molecule has 7 nitrogen and oxygen atoms in total. The summed E-state index contributed by atoms with van der Waals surface area (Å²) in [5, 5.41) is 15.1. The van der Waals surface area contributed by atoms with Gasteiger partial charge in [0, 0.05) is 22.8 Å². The van der Waals surface area contributed by atoms with Gasteiger partial charge < -0.3 is 15.7 Å². The maximum atomic E-state index is 13.6. The summed E-state index contributed by atoms with van der Waals surface area (Å²) >= 11 is 6.03. The largest absolute Gasteiger partial charge is 0.481 e. The molecule has 3 amide bonds. The molecule has 0 heterocycles. The number of benzene rings is 3. The van der Waals surface area contributed by atoms with Gasteiger partial charge in [0.25, 0.3) is 5.91 Å². The number of rotatable bonds is 10. The molecule has 8 heteroatoms. The van der Waals surface area contributed by atoms with E-state index in [-0.39, 0.29) is 30.9 Å². The molecule has 1 atom stereocenters. The van der Waals surface area contributed by atoms with Crippen molar-refractivity contribution < 1.29 is 19.5 Å². The van der Waals surface area contributed by atoms with Crippen LogP contribution < -0.4 is 15.5 Å². The van der Waals surface area contributed by atoms with Crippen LogP contribution in [-0.2, 0) is 11.3 Å². The lowest BCUT2D eigenvalue weighted by Crippen LogP contribution is -2.40. The number of nitrogens with zero attached hydrogens (tertiary/aromatic N) is 1. The molecule has 1 aliphatic rings. The Morgan fingerprint density at radius 1 is 0.950 bits per heavy atom. The second kappa shape index (κ2) is 13.8. The fourth-order valence-corrected chi connectivity index (χ4v) is 4.79. The maximum Gasteiger partial charge on any atom is 0.322 e. The average Bonchev–Trinajstić information content (AvgIpc) is 2.97. The van der Waals surface area contributed by atoms with Crippen molar-refractivity contribution in [2.75, 3.05) is 11.4 Å². The summed E-state index contributed by atoms with van der Waals surface area (Å²) in [4.78, 5) is 38.3. The van der Waals surface area contributed by atoms with Crippen LogP contribution in [0.1, 0.15) is 72.1 Å². The zero-order valence-corrected chi connectivity index (χ0v) is 23.3. The smallest absolute Gasteiger partial charge is 0.322 e. The number of nitrogens with one attached hydrogen (secondary N) is 2. The normalized spacial score (nSPS) is 13.6. The van der Waals surface area contributed by atoms with E-state index in [1.165, 1.54) is 24.0 Å². The van der Waals surface area contributed by atoms with E-state index < -0.39 is 5.97 Å². The third kappa shape index (κ3) is 7.96. The van der Waals surface area contributed by atoms with Crippen molar-refractivity contribution in [2.45, 2.75) is 51.6 Å². The van der Waals surface area contributed by atoms with Gasteiger partial charge in [0.2, 0.25) is 0 Å². The molecule has 3 N–H and O–H groups in total. The van der Waals surface area contributed by atoms with E-state index in [2.05, 4.69) is 28.8 Å². The van der Waals surface area contributed by atoms with Crippen molar-refractivity contribution in [3.63, 3.8) is 0 Å². The van der Waals surface area contributed by atoms with Crippen LogP contribution in [0.4, 0.5) is 10.5 Å². The van der Waals surface area contributed by atoms with Gasteiger partial charge in [-0.2, -0.15) is 0 Å². The number of carbonyl (C=O) groups excluding carboxylic acids is 2. The minimum atomic E-state index is -0.970. The SMILES string of the molecule is CC(NC(=O)N(Cc1ccc(C(=O)NCCC(=O)O)cc1)c1ccc(C2=CCCCC2)cc1)c1ccc(Cl)cc1. The lowest BCUT2D eigenvalue weighted by molar-refractivity contribution is -0.136. The Labute approximate surface area is 239 Å². The lowest BCUT2D eigenvalue weighted by Gasteiger charge is -2.26. The van der Waals surface area contributed by atoms with E-state index in [1.807, 2.05) is 31.2 Å². The fraction of sp³-hybridized carbons (Fsp3) is 0.281. The zero-order chi connectivity index (χ0) is 28.5. The molecule has 0 aliphatic heterocycles. The van der Waals surface area contributed by atoms with E-state index in [9.17, 15) is 14.4 Å². The fourth-order valence-electron chi connectivity index (χ4n) is 4.66. The van der Waals surface area contributed by atoms with Gasteiger partial charge in [-0.3, -0.25) is 14.5 Å². The predicted molar refractivity (Wildman–Crippen MR) is 158 cm³/mol. The van der Waals surface area contributed by atoms with E-state index in [1.54, 1.807) is 41.3 Å². The number of carboxylic acids is 1. The van der Waals surface area contributed by atoms with Crippen LogP contribution in [0.2, 0.25) is 5.02 Å². The summed E-state index contributed by atoms with van der Waals surface area (Å²) in [6, 6.07) is 21.9. The second-order valence-corrected chi connectivity index (χ2v) is 10.4. The van der Waals surface area contributed by atoms with Gasteiger partial charge in [0.05, 0.1) is 19.0 Å². The van der Waals surface area contributed by atoms with Gasteiger partial charge in [0.15, 0.2) is 0 Å². The molecule has 40 heavy (non-hydrogen) atoms. The first kappa shape index (κ1) is 28.9. The van der Waals surface area contributed by atoms with Gasteiger partial charge in [-0.25, -0.2) is 4.79 Å². The number of aliphatic carboxylic acids is 1. The van der Waals surface area contributed by atoms with E-state index in [0.29, 0.717) is 17.1 Å². The number of allylic oxidation sites excluding steroid dienone is 2. The number of carboxylic acid groups (broad SMARTS) is 1. The molecule has 0 bridgehead atoms. The molecule has 3 aromatic carbocycles. The monoisotopic (exact) mass is 559 g/mol. The molecule has 0 radical (unpaired) electrons. The van der Waals surface area contributed by atoms with Crippen molar-refractivity contribution in [1.29, 1.82) is 0 Å². The minimum absolute atomic E-state index is 0.0581. The molecule has 0 aromatic heterocycles. The molecule has 0 saturated heterocycles. The lowest BCUT2D eigenvalue weighted by atomic mass is 9.93. The highest BCUT2D eigenvalue weighted by Gasteiger charge is 2.20. The van der Waals surface area contributed by atoms with Crippen LogP contribution in [-0.4, -0.2) is 29.6 Å². The number of urea groups is 1. The Bertz CT molecular complexity index is 1350. The highest BCUT2D eigenvalue weighted by atomic mass is 35.5. The Hall–Kier alpha value is -4.10. The summed E-state index contributed by atoms with van der Waals surface area (Å²) in [5.41, 5.74) is 5.49. The minimum Gasteiger partial charge on any atom is -0.481 e. The number of anilines is 1. The van der Waals surface area contributed by atoms with Crippen LogP contribution in [0.5, 0.6) is 0 Å². The highest BCUT2D eigenvalue weighted by Crippen LogP contribution is 2.29. The first-order chi connectivity index (χ1) is 19.3. The Morgan fingerprint density at radius 2 is 1.65 bits per heavy atom.